The van der Waals surface area contributed by atoms with Gasteiger partial charge >= 0.3 is 0 Å². The van der Waals surface area contributed by atoms with E-state index in [9.17, 15) is 10.2 Å². The van der Waals surface area contributed by atoms with Crippen molar-refractivity contribution in [1.82, 2.24) is 4.57 Å². The Morgan fingerprint density at radius 2 is 2.21 bits per heavy atom. The van der Waals surface area contributed by atoms with Crippen molar-refractivity contribution in [1.29, 1.82) is 0 Å². The number of hydrogen-bond acceptors (Lipinski definition) is 2. The molecule has 1 heterocycles. The van der Waals surface area contributed by atoms with Crippen molar-refractivity contribution in [3.63, 3.8) is 0 Å². The highest BCUT2D eigenvalue weighted by molar-refractivity contribution is 5.16. The molecule has 0 radical (unpaired) electrons. The third kappa shape index (κ3) is 2.16. The summed E-state index contributed by atoms with van der Waals surface area (Å²) in [7, 11) is 0. The number of nitrogens with zero attached hydrogens (tertiary/aromatic N) is 1. The van der Waals surface area contributed by atoms with E-state index in [0.29, 0.717) is 12.5 Å². The Labute approximate surface area is 84.0 Å². The van der Waals surface area contributed by atoms with Crippen molar-refractivity contribution in [2.24, 2.45) is 5.92 Å². The fourth-order valence-electron chi connectivity index (χ4n) is 1.74. The van der Waals surface area contributed by atoms with Crippen LogP contribution in [0.25, 0.3) is 0 Å². The van der Waals surface area contributed by atoms with Crippen LogP contribution in [0.2, 0.25) is 0 Å². The first-order valence-corrected chi connectivity index (χ1v) is 5.18. The van der Waals surface area contributed by atoms with Gasteiger partial charge in [0.05, 0.1) is 12.2 Å². The van der Waals surface area contributed by atoms with Crippen LogP contribution in [0.15, 0.2) is 18.5 Å². The number of aliphatic hydroxyl groups is 2. The van der Waals surface area contributed by atoms with Crippen molar-refractivity contribution in [3.8, 4) is 0 Å². The molecular weight excluding hydrogens is 178 g/mol. The van der Waals surface area contributed by atoms with E-state index >= 15 is 0 Å². The Balaban J connectivity index is 2.01. The second-order valence-corrected chi connectivity index (χ2v) is 4.27. The second kappa shape index (κ2) is 3.75. The summed E-state index contributed by atoms with van der Waals surface area (Å²) in [4.78, 5) is 0. The van der Waals surface area contributed by atoms with E-state index in [2.05, 4.69) is 0 Å². The molecule has 1 fully saturated rings. The molecule has 14 heavy (non-hydrogen) atoms. The SMILES string of the molecule is CC(O)Cn1ccc(C(O)C2CC2)c1. The molecule has 1 saturated carbocycles. The van der Waals surface area contributed by atoms with Gasteiger partial charge in [0.25, 0.3) is 0 Å². The van der Waals surface area contributed by atoms with E-state index in [1.54, 1.807) is 6.92 Å². The molecule has 2 unspecified atom stereocenters. The molecule has 0 aromatic carbocycles. The lowest BCUT2D eigenvalue weighted by atomic mass is 10.1. The summed E-state index contributed by atoms with van der Waals surface area (Å²) in [5.41, 5.74) is 0.980. The predicted molar refractivity (Wildman–Crippen MR) is 53.8 cm³/mol. The maximum Gasteiger partial charge on any atom is 0.0832 e. The van der Waals surface area contributed by atoms with Crippen molar-refractivity contribution in [2.75, 3.05) is 0 Å². The molecule has 3 heteroatoms. The highest BCUT2D eigenvalue weighted by Gasteiger charge is 2.31. The molecule has 78 valence electrons. The van der Waals surface area contributed by atoms with Gasteiger partial charge in [0.15, 0.2) is 0 Å². The van der Waals surface area contributed by atoms with Crippen molar-refractivity contribution in [2.45, 2.75) is 38.5 Å². The first-order chi connectivity index (χ1) is 6.66. The standard InChI is InChI=1S/C11H17NO2/c1-8(13)6-12-5-4-10(7-12)11(14)9-2-3-9/h4-5,7-9,11,13-14H,2-3,6H2,1H3. The Morgan fingerprint density at radius 1 is 1.50 bits per heavy atom. The van der Waals surface area contributed by atoms with Crippen molar-refractivity contribution < 1.29 is 10.2 Å². The zero-order valence-electron chi connectivity index (χ0n) is 8.43. The average molecular weight is 195 g/mol. The maximum absolute atomic E-state index is 9.83. The quantitative estimate of drug-likeness (QED) is 0.761. The van der Waals surface area contributed by atoms with Crippen LogP contribution in [0, 0.1) is 5.92 Å². The van der Waals surface area contributed by atoms with Crippen LogP contribution in [0.5, 0.6) is 0 Å². The minimum absolute atomic E-state index is 0.301. The topological polar surface area (TPSA) is 45.4 Å². The zero-order chi connectivity index (χ0) is 10.1. The summed E-state index contributed by atoms with van der Waals surface area (Å²) in [5.74, 6) is 0.470. The number of aromatic nitrogens is 1. The molecule has 1 aromatic rings. The van der Waals surface area contributed by atoms with E-state index in [0.717, 1.165) is 18.4 Å². The summed E-state index contributed by atoms with van der Waals surface area (Å²) in [6, 6.07) is 1.94. The van der Waals surface area contributed by atoms with Gasteiger partial charge in [0, 0.05) is 18.9 Å². The highest BCUT2D eigenvalue weighted by Crippen LogP contribution is 2.40. The number of rotatable bonds is 4. The monoisotopic (exact) mass is 195 g/mol. The summed E-state index contributed by atoms with van der Waals surface area (Å²) in [6.07, 6.45) is 5.48. The van der Waals surface area contributed by atoms with E-state index in [4.69, 9.17) is 0 Å². The van der Waals surface area contributed by atoms with E-state index in [1.807, 2.05) is 23.0 Å². The minimum Gasteiger partial charge on any atom is -0.392 e. The Bertz CT molecular complexity index is 302. The van der Waals surface area contributed by atoms with Crippen LogP contribution < -0.4 is 0 Å². The highest BCUT2D eigenvalue weighted by atomic mass is 16.3. The molecular formula is C11H17NO2. The lowest BCUT2D eigenvalue weighted by molar-refractivity contribution is 0.152. The maximum atomic E-state index is 9.83. The Morgan fingerprint density at radius 3 is 2.79 bits per heavy atom. The fraction of sp³-hybridized carbons (Fsp3) is 0.636. The van der Waals surface area contributed by atoms with Gasteiger partial charge in [-0.2, -0.15) is 0 Å². The third-order valence-corrected chi connectivity index (χ3v) is 2.66. The molecule has 0 aliphatic heterocycles. The van der Waals surface area contributed by atoms with Gasteiger partial charge in [0.1, 0.15) is 0 Å². The summed E-state index contributed by atoms with van der Waals surface area (Å²) in [5, 5.41) is 19.0. The molecule has 1 aromatic heterocycles. The largest absolute Gasteiger partial charge is 0.392 e. The summed E-state index contributed by atoms with van der Waals surface area (Å²) >= 11 is 0. The van der Waals surface area contributed by atoms with Gasteiger partial charge in [-0.1, -0.05) is 0 Å². The average Bonchev–Trinajstić information content (AvgIpc) is 2.86. The van der Waals surface area contributed by atoms with Crippen LogP contribution in [0.3, 0.4) is 0 Å². The Kier molecular flexibility index (Phi) is 2.61. The van der Waals surface area contributed by atoms with Crippen LogP contribution in [0.4, 0.5) is 0 Å². The molecule has 2 rings (SSSR count). The molecule has 0 amide bonds. The first-order valence-electron chi connectivity index (χ1n) is 5.18. The molecule has 0 spiro atoms. The molecule has 2 N–H and O–H groups in total. The summed E-state index contributed by atoms with van der Waals surface area (Å²) < 4.78 is 1.92. The second-order valence-electron chi connectivity index (χ2n) is 4.27. The van der Waals surface area contributed by atoms with E-state index in [-0.39, 0.29) is 12.2 Å². The van der Waals surface area contributed by atoms with Gasteiger partial charge < -0.3 is 14.8 Å². The lowest BCUT2D eigenvalue weighted by Gasteiger charge is -2.07. The van der Waals surface area contributed by atoms with Gasteiger partial charge in [-0.05, 0) is 37.3 Å². The lowest BCUT2D eigenvalue weighted by Crippen LogP contribution is -2.09. The minimum atomic E-state index is -0.340. The van der Waals surface area contributed by atoms with Crippen LogP contribution in [-0.2, 0) is 6.54 Å². The molecule has 2 atom stereocenters. The predicted octanol–water partition coefficient (Wildman–Crippen LogP) is 1.31. The van der Waals surface area contributed by atoms with Crippen LogP contribution >= 0.6 is 0 Å². The van der Waals surface area contributed by atoms with Crippen LogP contribution in [0.1, 0.15) is 31.4 Å². The first kappa shape index (κ1) is 9.74. The van der Waals surface area contributed by atoms with Gasteiger partial charge in [-0.3, -0.25) is 0 Å². The number of aliphatic hydroxyl groups excluding tert-OH is 2. The molecule has 0 bridgehead atoms. The molecule has 1 aliphatic carbocycles. The smallest absolute Gasteiger partial charge is 0.0832 e. The zero-order valence-corrected chi connectivity index (χ0v) is 8.43. The Hall–Kier alpha value is -0.800. The fourth-order valence-corrected chi connectivity index (χ4v) is 1.74. The summed E-state index contributed by atoms with van der Waals surface area (Å²) in [6.45, 7) is 2.36. The molecule has 1 aliphatic rings. The molecule has 0 saturated heterocycles. The van der Waals surface area contributed by atoms with Gasteiger partial charge in [0.2, 0.25) is 0 Å². The van der Waals surface area contributed by atoms with E-state index in [1.165, 1.54) is 0 Å². The number of hydrogen-bond donors (Lipinski definition) is 2. The van der Waals surface area contributed by atoms with Gasteiger partial charge in [-0.15, -0.1) is 0 Å². The van der Waals surface area contributed by atoms with Crippen LogP contribution in [-0.4, -0.2) is 20.9 Å². The van der Waals surface area contributed by atoms with E-state index < -0.39 is 0 Å². The van der Waals surface area contributed by atoms with Gasteiger partial charge in [-0.25, -0.2) is 0 Å². The van der Waals surface area contributed by atoms with Crippen molar-refractivity contribution >= 4 is 0 Å². The normalized spacial score (nSPS) is 20.8. The van der Waals surface area contributed by atoms with Crippen molar-refractivity contribution in [3.05, 3.63) is 24.0 Å². The third-order valence-electron chi connectivity index (χ3n) is 2.66. The molecule has 3 nitrogen and oxygen atoms in total.